The van der Waals surface area contributed by atoms with E-state index in [9.17, 15) is 23.1 Å². The van der Waals surface area contributed by atoms with Crippen LogP contribution in [0.5, 0.6) is 5.75 Å². The van der Waals surface area contributed by atoms with Crippen LogP contribution in [-0.2, 0) is 19.6 Å². The number of nitrogens with one attached hydrogen (secondary N) is 2. The lowest BCUT2D eigenvalue weighted by atomic mass is 9.99. The van der Waals surface area contributed by atoms with E-state index in [4.69, 9.17) is 16.7 Å². The molecule has 0 heterocycles. The number of sulfonamides is 1. The van der Waals surface area contributed by atoms with E-state index in [1.54, 1.807) is 6.92 Å². The number of hydrogen-bond acceptors (Lipinski definition) is 6. The number of urea groups is 1. The van der Waals surface area contributed by atoms with Crippen LogP contribution in [0.1, 0.15) is 20.3 Å². The van der Waals surface area contributed by atoms with E-state index in [-0.39, 0.29) is 16.6 Å². The number of nitrogens with two attached hydrogens (primary N) is 1. The average molecular weight is 394 g/mol. The van der Waals surface area contributed by atoms with Crippen LogP contribution >= 0.6 is 11.6 Å². The van der Waals surface area contributed by atoms with Crippen LogP contribution in [0, 0.1) is 5.92 Å². The molecule has 0 bridgehead atoms. The summed E-state index contributed by atoms with van der Waals surface area (Å²) in [6.45, 7) is 3.59. The number of rotatable bonds is 6. The molecule has 0 radical (unpaired) electrons. The number of primary sulfonamides is 1. The Morgan fingerprint density at radius 1 is 1.40 bits per heavy atom. The normalized spacial score (nSPS) is 13.6. The molecule has 2 atom stereocenters. The molecule has 0 aliphatic rings. The number of carbonyl (C=O) groups is 2. The van der Waals surface area contributed by atoms with Crippen molar-refractivity contribution in [2.75, 3.05) is 12.4 Å². The van der Waals surface area contributed by atoms with Crippen LogP contribution in [0.3, 0.4) is 0 Å². The van der Waals surface area contributed by atoms with Gasteiger partial charge in [-0.25, -0.2) is 23.1 Å². The molecule has 1 aromatic rings. The third-order valence-electron chi connectivity index (χ3n) is 3.57. The molecule has 25 heavy (non-hydrogen) atoms. The van der Waals surface area contributed by atoms with E-state index in [0.717, 1.165) is 6.07 Å². The minimum absolute atomic E-state index is 0.211. The molecule has 5 N–H and O–H groups in total. The maximum Gasteiger partial charge on any atom is 0.328 e. The van der Waals surface area contributed by atoms with E-state index < -0.39 is 38.7 Å². The second kappa shape index (κ2) is 8.37. The number of phenolic OH excluding ortho intramolecular Hbond substituents is 1. The first-order chi connectivity index (χ1) is 11.5. The van der Waals surface area contributed by atoms with Crippen molar-refractivity contribution in [2.45, 2.75) is 31.2 Å². The van der Waals surface area contributed by atoms with Gasteiger partial charge in [-0.3, -0.25) is 0 Å². The number of anilines is 1. The quantitative estimate of drug-likeness (QED) is 0.424. The molecule has 140 valence electrons. The molecule has 0 saturated heterocycles. The van der Waals surface area contributed by atoms with Crippen LogP contribution in [-0.4, -0.2) is 38.7 Å². The lowest BCUT2D eigenvalue weighted by Gasteiger charge is -2.22. The number of methoxy groups -OCH3 is 1. The molecular formula is C14H20ClN3O6S. The number of aromatic hydroxyl groups is 1. The number of hydrogen-bond donors (Lipinski definition) is 4. The van der Waals surface area contributed by atoms with Gasteiger partial charge in [0.1, 0.15) is 10.9 Å². The number of benzene rings is 1. The Hall–Kier alpha value is -2.04. The molecule has 2 unspecified atom stereocenters. The Kier molecular flexibility index (Phi) is 7.03. The van der Waals surface area contributed by atoms with E-state index in [0.29, 0.717) is 6.42 Å². The molecular weight excluding hydrogens is 374 g/mol. The van der Waals surface area contributed by atoms with E-state index >= 15 is 0 Å². The predicted octanol–water partition coefficient (Wildman–Crippen LogP) is 1.40. The van der Waals surface area contributed by atoms with Crippen LogP contribution in [0.4, 0.5) is 10.5 Å². The van der Waals surface area contributed by atoms with Gasteiger partial charge in [0, 0.05) is 0 Å². The third kappa shape index (κ3) is 5.21. The van der Waals surface area contributed by atoms with E-state index in [1.165, 1.54) is 13.2 Å². The summed E-state index contributed by atoms with van der Waals surface area (Å²) in [6.07, 6.45) is 0.599. The van der Waals surface area contributed by atoms with Crippen molar-refractivity contribution in [1.29, 1.82) is 0 Å². The number of esters is 1. The first-order valence-corrected chi connectivity index (χ1v) is 9.14. The number of halogens is 1. The highest BCUT2D eigenvalue weighted by Crippen LogP contribution is 2.36. The molecule has 0 aliphatic heterocycles. The molecule has 0 aliphatic carbocycles. The van der Waals surface area contributed by atoms with Crippen molar-refractivity contribution in [3.05, 3.63) is 17.2 Å². The van der Waals surface area contributed by atoms with Crippen molar-refractivity contribution < 1.29 is 27.9 Å². The van der Waals surface area contributed by atoms with Crippen LogP contribution in [0.2, 0.25) is 5.02 Å². The van der Waals surface area contributed by atoms with Gasteiger partial charge in [-0.15, -0.1) is 0 Å². The fourth-order valence-electron chi connectivity index (χ4n) is 2.01. The second-order valence-corrected chi connectivity index (χ2v) is 7.21. The van der Waals surface area contributed by atoms with Gasteiger partial charge < -0.3 is 20.5 Å². The largest absolute Gasteiger partial charge is 0.504 e. The molecule has 0 fully saturated rings. The lowest BCUT2D eigenvalue weighted by molar-refractivity contribution is -0.144. The monoisotopic (exact) mass is 393 g/mol. The van der Waals surface area contributed by atoms with Crippen molar-refractivity contribution in [1.82, 2.24) is 5.32 Å². The van der Waals surface area contributed by atoms with Crippen molar-refractivity contribution >= 4 is 39.3 Å². The zero-order chi connectivity index (χ0) is 19.4. The van der Waals surface area contributed by atoms with Gasteiger partial charge in [0.2, 0.25) is 10.0 Å². The van der Waals surface area contributed by atoms with Gasteiger partial charge in [-0.1, -0.05) is 31.9 Å². The maximum atomic E-state index is 12.1. The Labute approximate surface area is 150 Å². The Balaban J connectivity index is 3.06. The topological polar surface area (TPSA) is 148 Å². The standard InChI is InChI=1S/C14H20ClN3O6S/c1-4-7(2)10(13(20)24-3)18-14(21)17-9-6-5-8(15)12(11(9)19)25(16,22)23/h5-7,10,19H,4H2,1-3H3,(H2,16,22,23)(H2,17,18,21). The summed E-state index contributed by atoms with van der Waals surface area (Å²) in [6, 6.07) is 0.599. The lowest BCUT2D eigenvalue weighted by Crippen LogP contribution is -2.47. The zero-order valence-corrected chi connectivity index (χ0v) is 15.4. The van der Waals surface area contributed by atoms with Gasteiger partial charge in [-0.05, 0) is 18.1 Å². The summed E-state index contributed by atoms with van der Waals surface area (Å²) in [7, 11) is -3.11. The van der Waals surface area contributed by atoms with Crippen molar-refractivity contribution in [3.8, 4) is 5.75 Å². The summed E-state index contributed by atoms with van der Waals surface area (Å²) in [4.78, 5) is 23.2. The summed E-state index contributed by atoms with van der Waals surface area (Å²) >= 11 is 5.72. The van der Waals surface area contributed by atoms with Gasteiger partial charge >= 0.3 is 12.0 Å². The van der Waals surface area contributed by atoms with Crippen molar-refractivity contribution in [3.63, 3.8) is 0 Å². The van der Waals surface area contributed by atoms with Crippen LogP contribution in [0.25, 0.3) is 0 Å². The molecule has 9 nitrogen and oxygen atoms in total. The van der Waals surface area contributed by atoms with Crippen LogP contribution in [0.15, 0.2) is 17.0 Å². The first kappa shape index (κ1) is 21.0. The van der Waals surface area contributed by atoms with Crippen molar-refractivity contribution in [2.24, 2.45) is 11.1 Å². The van der Waals surface area contributed by atoms with Gasteiger partial charge in [0.05, 0.1) is 17.8 Å². The summed E-state index contributed by atoms with van der Waals surface area (Å²) in [5.74, 6) is -1.64. The number of carbonyl (C=O) groups excluding carboxylic acids is 2. The third-order valence-corrected chi connectivity index (χ3v) is 4.98. The number of amides is 2. The zero-order valence-electron chi connectivity index (χ0n) is 13.9. The highest BCUT2D eigenvalue weighted by atomic mass is 35.5. The van der Waals surface area contributed by atoms with Crippen LogP contribution < -0.4 is 15.8 Å². The summed E-state index contributed by atoms with van der Waals surface area (Å²) in [5.41, 5.74) is -0.237. The minimum Gasteiger partial charge on any atom is -0.504 e. The predicted molar refractivity (Wildman–Crippen MR) is 91.9 cm³/mol. The fourth-order valence-corrected chi connectivity index (χ4v) is 3.21. The Bertz CT molecular complexity index is 768. The SMILES string of the molecule is CCC(C)C(NC(=O)Nc1ccc(Cl)c(S(N)(=O)=O)c1O)C(=O)OC. The summed E-state index contributed by atoms with van der Waals surface area (Å²) < 4.78 is 27.6. The number of ether oxygens (including phenoxy) is 1. The highest BCUT2D eigenvalue weighted by Gasteiger charge is 2.28. The average Bonchev–Trinajstić information content (AvgIpc) is 2.52. The molecule has 1 rings (SSSR count). The van der Waals surface area contributed by atoms with Gasteiger partial charge in [0.15, 0.2) is 5.75 Å². The van der Waals surface area contributed by atoms with E-state index in [2.05, 4.69) is 15.4 Å². The smallest absolute Gasteiger partial charge is 0.328 e. The number of phenols is 1. The highest BCUT2D eigenvalue weighted by molar-refractivity contribution is 7.89. The molecule has 11 heteroatoms. The molecule has 1 aromatic carbocycles. The fraction of sp³-hybridized carbons (Fsp3) is 0.429. The molecule has 0 saturated carbocycles. The maximum absolute atomic E-state index is 12.1. The minimum atomic E-state index is -4.31. The van der Waals surface area contributed by atoms with E-state index in [1.807, 2.05) is 6.92 Å². The first-order valence-electron chi connectivity index (χ1n) is 7.22. The molecule has 0 spiro atoms. The summed E-state index contributed by atoms with van der Waals surface area (Å²) in [5, 5.41) is 19.4. The Morgan fingerprint density at radius 2 is 2.00 bits per heavy atom. The van der Waals surface area contributed by atoms with Gasteiger partial charge in [-0.2, -0.15) is 0 Å². The Morgan fingerprint density at radius 3 is 2.48 bits per heavy atom. The molecule has 2 amide bonds. The molecule has 0 aromatic heterocycles. The van der Waals surface area contributed by atoms with Gasteiger partial charge in [0.25, 0.3) is 0 Å². The second-order valence-electron chi connectivity index (χ2n) is 5.30.